The molecule has 0 amide bonds. The van der Waals surface area contributed by atoms with E-state index in [1.54, 1.807) is 0 Å². The second-order valence-electron chi connectivity index (χ2n) is 4.83. The summed E-state index contributed by atoms with van der Waals surface area (Å²) in [4.78, 5) is 0. The monoisotopic (exact) mass is 283 g/mol. The molecule has 88 valence electrons. The normalized spacial score (nSPS) is 17.9. The molecule has 0 aliphatic heterocycles. The molecule has 1 aliphatic rings. The molecule has 3 heteroatoms. The maximum Gasteiger partial charge on any atom is 0.0504 e. The molecule has 16 heavy (non-hydrogen) atoms. The quantitative estimate of drug-likeness (QED) is 0.889. The summed E-state index contributed by atoms with van der Waals surface area (Å²) in [7, 11) is 0. The van der Waals surface area contributed by atoms with E-state index in [1.165, 1.54) is 12.0 Å². The molecule has 1 aromatic carbocycles. The van der Waals surface area contributed by atoms with Crippen molar-refractivity contribution in [3.8, 4) is 0 Å². The van der Waals surface area contributed by atoms with Crippen molar-refractivity contribution in [2.24, 2.45) is 5.41 Å². The summed E-state index contributed by atoms with van der Waals surface area (Å²) in [5.41, 5.74) is 2.50. The van der Waals surface area contributed by atoms with Gasteiger partial charge in [0.25, 0.3) is 0 Å². The van der Waals surface area contributed by atoms with Gasteiger partial charge >= 0.3 is 0 Å². The van der Waals surface area contributed by atoms with Crippen molar-refractivity contribution in [2.75, 3.05) is 18.5 Å². The van der Waals surface area contributed by atoms with Crippen molar-refractivity contribution in [3.63, 3.8) is 0 Å². The minimum Gasteiger partial charge on any atom is -0.396 e. The van der Waals surface area contributed by atoms with Crippen molar-refractivity contribution < 1.29 is 5.11 Å². The Morgan fingerprint density at radius 2 is 2.19 bits per heavy atom. The van der Waals surface area contributed by atoms with Gasteiger partial charge in [-0.15, -0.1) is 0 Å². The van der Waals surface area contributed by atoms with Crippen LogP contribution in [0.25, 0.3) is 0 Å². The Morgan fingerprint density at radius 1 is 1.44 bits per heavy atom. The molecule has 2 nitrogen and oxygen atoms in total. The molecule has 0 bridgehead atoms. The molecule has 1 aliphatic carbocycles. The summed E-state index contributed by atoms with van der Waals surface area (Å²) in [5, 5.41) is 12.8. The zero-order valence-electron chi connectivity index (χ0n) is 9.59. The van der Waals surface area contributed by atoms with E-state index >= 15 is 0 Å². The van der Waals surface area contributed by atoms with Gasteiger partial charge < -0.3 is 10.4 Å². The lowest BCUT2D eigenvalue weighted by Crippen LogP contribution is -2.39. The number of aliphatic hydroxyl groups is 1. The molecular weight excluding hydrogens is 266 g/mol. The van der Waals surface area contributed by atoms with E-state index in [2.05, 4.69) is 46.4 Å². The third-order valence-corrected chi connectivity index (χ3v) is 4.44. The number of aliphatic hydroxyl groups excluding tert-OH is 1. The second kappa shape index (κ2) is 4.76. The SMILES string of the molecule is Cc1ccc(NCC2(CO)CCC2)cc1Br. The second-order valence-corrected chi connectivity index (χ2v) is 5.68. The smallest absolute Gasteiger partial charge is 0.0504 e. The van der Waals surface area contributed by atoms with Crippen LogP contribution in [0.3, 0.4) is 0 Å². The molecule has 2 N–H and O–H groups in total. The van der Waals surface area contributed by atoms with Crippen molar-refractivity contribution in [1.29, 1.82) is 0 Å². The Hall–Kier alpha value is -0.540. The summed E-state index contributed by atoms with van der Waals surface area (Å²) >= 11 is 3.53. The summed E-state index contributed by atoms with van der Waals surface area (Å²) < 4.78 is 1.13. The molecule has 1 aromatic rings. The lowest BCUT2D eigenvalue weighted by atomic mass is 9.69. The first-order valence-electron chi connectivity index (χ1n) is 5.76. The van der Waals surface area contributed by atoms with Crippen LogP contribution in [0.5, 0.6) is 0 Å². The van der Waals surface area contributed by atoms with E-state index < -0.39 is 0 Å². The number of benzene rings is 1. The van der Waals surface area contributed by atoms with Gasteiger partial charge in [0.1, 0.15) is 0 Å². The van der Waals surface area contributed by atoms with Gasteiger partial charge in [-0.25, -0.2) is 0 Å². The summed E-state index contributed by atoms with van der Waals surface area (Å²) in [5.74, 6) is 0. The molecule has 0 atom stereocenters. The van der Waals surface area contributed by atoms with E-state index in [-0.39, 0.29) is 5.41 Å². The van der Waals surface area contributed by atoms with E-state index in [0.29, 0.717) is 6.61 Å². The van der Waals surface area contributed by atoms with Crippen molar-refractivity contribution >= 4 is 21.6 Å². The predicted molar refractivity (Wildman–Crippen MR) is 70.7 cm³/mol. The Kier molecular flexibility index (Phi) is 3.55. The fourth-order valence-corrected chi connectivity index (χ4v) is 2.44. The molecule has 0 saturated heterocycles. The standard InChI is InChI=1S/C13H18BrNO/c1-10-3-4-11(7-12(10)14)15-8-13(9-16)5-2-6-13/h3-4,7,15-16H,2,5-6,8-9H2,1H3. The van der Waals surface area contributed by atoms with Crippen molar-refractivity contribution in [1.82, 2.24) is 0 Å². The minimum atomic E-state index is 0.136. The molecule has 0 unspecified atom stereocenters. The van der Waals surface area contributed by atoms with E-state index in [1.807, 2.05) is 0 Å². The van der Waals surface area contributed by atoms with Gasteiger partial charge in [0.05, 0.1) is 6.61 Å². The maximum atomic E-state index is 9.36. The van der Waals surface area contributed by atoms with Crippen LogP contribution in [0.2, 0.25) is 0 Å². The fourth-order valence-electron chi connectivity index (χ4n) is 2.06. The van der Waals surface area contributed by atoms with Crippen LogP contribution >= 0.6 is 15.9 Å². The van der Waals surface area contributed by atoms with Gasteiger partial charge in [-0.05, 0) is 37.5 Å². The van der Waals surface area contributed by atoms with E-state index in [9.17, 15) is 5.11 Å². The van der Waals surface area contributed by atoms with Gasteiger partial charge in [-0.1, -0.05) is 28.4 Å². The zero-order valence-corrected chi connectivity index (χ0v) is 11.2. The number of nitrogens with one attached hydrogen (secondary N) is 1. The molecule has 2 rings (SSSR count). The van der Waals surface area contributed by atoms with Crippen LogP contribution in [0.1, 0.15) is 24.8 Å². The molecule has 0 heterocycles. The van der Waals surface area contributed by atoms with Crippen LogP contribution in [0, 0.1) is 12.3 Å². The van der Waals surface area contributed by atoms with Gasteiger partial charge in [0, 0.05) is 22.1 Å². The summed E-state index contributed by atoms with van der Waals surface area (Å²) in [6.07, 6.45) is 3.53. The van der Waals surface area contributed by atoms with E-state index in [0.717, 1.165) is 29.5 Å². The average molecular weight is 284 g/mol. The lowest BCUT2D eigenvalue weighted by molar-refractivity contribution is 0.0576. The number of hydrogen-bond donors (Lipinski definition) is 2. The molecule has 1 fully saturated rings. The first-order chi connectivity index (χ1) is 7.65. The first kappa shape index (κ1) is 11.9. The van der Waals surface area contributed by atoms with Gasteiger partial charge in [-0.3, -0.25) is 0 Å². The molecule has 0 radical (unpaired) electrons. The topological polar surface area (TPSA) is 32.3 Å². The largest absolute Gasteiger partial charge is 0.396 e. The van der Waals surface area contributed by atoms with Gasteiger partial charge in [-0.2, -0.15) is 0 Å². The number of aryl methyl sites for hydroxylation is 1. The molecular formula is C13H18BrNO. The lowest BCUT2D eigenvalue weighted by Gasteiger charge is -2.40. The highest BCUT2D eigenvalue weighted by atomic mass is 79.9. The van der Waals surface area contributed by atoms with Crippen LogP contribution in [0.4, 0.5) is 5.69 Å². The van der Waals surface area contributed by atoms with Crippen molar-refractivity contribution in [2.45, 2.75) is 26.2 Å². The third-order valence-electron chi connectivity index (χ3n) is 3.59. The fraction of sp³-hybridized carbons (Fsp3) is 0.538. The number of rotatable bonds is 4. The molecule has 0 aromatic heterocycles. The van der Waals surface area contributed by atoms with Crippen LogP contribution in [0.15, 0.2) is 22.7 Å². The Balaban J connectivity index is 1.96. The average Bonchev–Trinajstić information content (AvgIpc) is 2.22. The maximum absolute atomic E-state index is 9.36. The Labute approximate surface area is 105 Å². The zero-order chi connectivity index (χ0) is 11.6. The van der Waals surface area contributed by atoms with Crippen LogP contribution in [-0.4, -0.2) is 18.3 Å². The first-order valence-corrected chi connectivity index (χ1v) is 6.55. The minimum absolute atomic E-state index is 0.136. The highest BCUT2D eigenvalue weighted by Gasteiger charge is 2.35. The highest BCUT2D eigenvalue weighted by Crippen LogP contribution is 2.40. The Bertz CT molecular complexity index is 369. The summed E-state index contributed by atoms with van der Waals surface area (Å²) in [6, 6.07) is 6.28. The third kappa shape index (κ3) is 2.41. The van der Waals surface area contributed by atoms with Gasteiger partial charge in [0.15, 0.2) is 0 Å². The number of anilines is 1. The van der Waals surface area contributed by atoms with Crippen molar-refractivity contribution in [3.05, 3.63) is 28.2 Å². The number of hydrogen-bond acceptors (Lipinski definition) is 2. The number of halogens is 1. The highest BCUT2D eigenvalue weighted by molar-refractivity contribution is 9.10. The predicted octanol–water partition coefficient (Wildman–Crippen LogP) is 3.33. The van der Waals surface area contributed by atoms with Gasteiger partial charge in [0.2, 0.25) is 0 Å². The Morgan fingerprint density at radius 3 is 2.69 bits per heavy atom. The molecule has 1 saturated carbocycles. The van der Waals surface area contributed by atoms with Crippen LogP contribution < -0.4 is 5.32 Å². The van der Waals surface area contributed by atoms with E-state index in [4.69, 9.17) is 0 Å². The van der Waals surface area contributed by atoms with Crippen LogP contribution in [-0.2, 0) is 0 Å². The summed E-state index contributed by atoms with van der Waals surface area (Å²) in [6.45, 7) is 3.25. The molecule has 0 spiro atoms.